The monoisotopic (exact) mass is 484 g/mol. The average molecular weight is 485 g/mol. The number of ether oxygens (including phenoxy) is 1. The van der Waals surface area contributed by atoms with Gasteiger partial charge in [-0.25, -0.2) is 0 Å². The molecule has 3 fully saturated rings. The molecule has 1 N–H and O–H groups in total. The van der Waals surface area contributed by atoms with E-state index in [1.54, 1.807) is 4.90 Å². The predicted molar refractivity (Wildman–Crippen MR) is 136 cm³/mol. The summed E-state index contributed by atoms with van der Waals surface area (Å²) >= 11 is 0. The second-order valence-corrected chi connectivity index (χ2v) is 11.4. The van der Waals surface area contributed by atoms with E-state index in [0.717, 1.165) is 38.4 Å². The van der Waals surface area contributed by atoms with Crippen LogP contribution in [0.5, 0.6) is 0 Å². The summed E-state index contributed by atoms with van der Waals surface area (Å²) in [5.74, 6) is -0.429. The largest absolute Gasteiger partial charge is 0.369 e. The number of rotatable bonds is 6. The molecule has 0 unspecified atom stereocenters. The number of fused-ring (bicyclic) bond motifs is 1. The molecule has 1 aromatic rings. The summed E-state index contributed by atoms with van der Waals surface area (Å²) in [6.07, 6.45) is 0.235. The van der Waals surface area contributed by atoms with Crippen molar-refractivity contribution in [3.63, 3.8) is 0 Å². The molecule has 3 aliphatic rings. The lowest BCUT2D eigenvalue weighted by atomic mass is 9.87. The van der Waals surface area contributed by atoms with Crippen LogP contribution in [-0.2, 0) is 14.3 Å². The summed E-state index contributed by atoms with van der Waals surface area (Å²) in [5.41, 5.74) is 1.45. The molecule has 8 heteroatoms. The highest BCUT2D eigenvalue weighted by atomic mass is 16.5. The highest BCUT2D eigenvalue weighted by Crippen LogP contribution is 2.33. The van der Waals surface area contributed by atoms with Gasteiger partial charge in [0.05, 0.1) is 6.10 Å². The van der Waals surface area contributed by atoms with Crippen molar-refractivity contribution in [2.24, 2.45) is 11.3 Å². The molecule has 3 heterocycles. The molecule has 2 amide bonds. The maximum atomic E-state index is 13.6. The fourth-order valence-corrected chi connectivity index (χ4v) is 5.52. The third-order valence-electron chi connectivity index (χ3n) is 7.46. The summed E-state index contributed by atoms with van der Waals surface area (Å²) in [7, 11) is 0. The maximum absolute atomic E-state index is 13.6. The Morgan fingerprint density at radius 3 is 2.37 bits per heavy atom. The Bertz CT molecular complexity index is 933. The number of hydrogen-bond acceptors (Lipinski definition) is 6. The molecular weight excluding hydrogens is 444 g/mol. The zero-order chi connectivity index (χ0) is 25.3. The van der Waals surface area contributed by atoms with E-state index in [1.807, 2.05) is 52.0 Å². The lowest BCUT2D eigenvalue weighted by Gasteiger charge is -2.35. The maximum Gasteiger partial charge on any atom is 0.251 e. The zero-order valence-corrected chi connectivity index (χ0v) is 21.8. The van der Waals surface area contributed by atoms with E-state index >= 15 is 0 Å². The van der Waals surface area contributed by atoms with Crippen molar-refractivity contribution in [3.8, 4) is 0 Å². The molecule has 0 aromatic heterocycles. The van der Waals surface area contributed by atoms with Crippen LogP contribution < -0.4 is 10.2 Å². The first kappa shape index (κ1) is 25.6. The molecular formula is C27H40N4O4. The third kappa shape index (κ3) is 5.70. The van der Waals surface area contributed by atoms with Crippen molar-refractivity contribution in [1.29, 1.82) is 0 Å². The topological polar surface area (TPSA) is 82.2 Å². The first-order valence-corrected chi connectivity index (χ1v) is 12.9. The Balaban J connectivity index is 1.45. The molecule has 192 valence electrons. The molecule has 0 bridgehead atoms. The van der Waals surface area contributed by atoms with Crippen LogP contribution in [0.2, 0.25) is 0 Å². The van der Waals surface area contributed by atoms with E-state index in [0.29, 0.717) is 18.5 Å². The number of ketones is 1. The van der Waals surface area contributed by atoms with Gasteiger partial charge >= 0.3 is 0 Å². The molecule has 0 aliphatic carbocycles. The Morgan fingerprint density at radius 2 is 1.77 bits per heavy atom. The average Bonchev–Trinajstić information content (AvgIpc) is 3.37. The Morgan fingerprint density at radius 1 is 1.11 bits per heavy atom. The smallest absolute Gasteiger partial charge is 0.251 e. The Hall–Kier alpha value is -2.45. The van der Waals surface area contributed by atoms with E-state index in [1.165, 1.54) is 0 Å². The Kier molecular flexibility index (Phi) is 7.52. The van der Waals surface area contributed by atoms with Crippen molar-refractivity contribution >= 4 is 23.3 Å². The standard InChI is InChI=1S/C27H40N4O4/c1-6-29-11-13-30(14-12-29)20-9-7-19(8-10-20)25(33)28-21(15-27(3,4)5)26(34)31-16-18(2)24-23(31)22(32)17-35-24/h7-10,18,21,23-24H,6,11-17H2,1-5H3,(H,28,33)/t18-,21+,23-,24-/m1/s1. The van der Waals surface area contributed by atoms with Crippen LogP contribution in [-0.4, -0.2) is 91.5 Å². The number of Topliss-reactive ketones (excluding diaryl/α,β-unsaturated/α-hetero) is 1. The number of anilines is 1. The van der Waals surface area contributed by atoms with Crippen molar-refractivity contribution in [2.75, 3.05) is 50.8 Å². The quantitative estimate of drug-likeness (QED) is 0.667. The van der Waals surface area contributed by atoms with Gasteiger partial charge in [0, 0.05) is 49.9 Å². The fraction of sp³-hybridized carbons (Fsp3) is 0.667. The lowest BCUT2D eigenvalue weighted by molar-refractivity contribution is -0.138. The van der Waals surface area contributed by atoms with Crippen molar-refractivity contribution < 1.29 is 19.1 Å². The van der Waals surface area contributed by atoms with Gasteiger partial charge in [0.15, 0.2) is 5.78 Å². The SMILES string of the molecule is CCN1CCN(c2ccc(C(=O)N[C@@H](CC(C)(C)C)C(=O)N3C[C@@H](C)[C@H]4OCC(=O)[C@H]43)cc2)CC1. The molecule has 4 atom stereocenters. The van der Waals surface area contributed by atoms with E-state index in [9.17, 15) is 14.4 Å². The number of carbonyl (C=O) groups excluding carboxylic acids is 3. The zero-order valence-electron chi connectivity index (χ0n) is 21.8. The predicted octanol–water partition coefficient (Wildman–Crippen LogP) is 2.18. The first-order valence-electron chi connectivity index (χ1n) is 12.9. The first-order chi connectivity index (χ1) is 16.6. The molecule has 35 heavy (non-hydrogen) atoms. The molecule has 0 saturated carbocycles. The molecule has 0 radical (unpaired) electrons. The second-order valence-electron chi connectivity index (χ2n) is 11.4. The van der Waals surface area contributed by atoms with Crippen molar-refractivity contribution in [3.05, 3.63) is 29.8 Å². The van der Waals surface area contributed by atoms with Crippen LogP contribution in [0.3, 0.4) is 0 Å². The minimum Gasteiger partial charge on any atom is -0.369 e. The molecule has 1 aromatic carbocycles. The van der Waals surface area contributed by atoms with Gasteiger partial charge in [0.1, 0.15) is 18.7 Å². The van der Waals surface area contributed by atoms with E-state index in [-0.39, 0.29) is 41.6 Å². The van der Waals surface area contributed by atoms with Gasteiger partial charge < -0.3 is 24.8 Å². The van der Waals surface area contributed by atoms with Gasteiger partial charge in [0.25, 0.3) is 5.91 Å². The van der Waals surface area contributed by atoms with Gasteiger partial charge in [0.2, 0.25) is 5.91 Å². The van der Waals surface area contributed by atoms with Crippen molar-refractivity contribution in [2.45, 2.75) is 59.2 Å². The van der Waals surface area contributed by atoms with Crippen molar-refractivity contribution in [1.82, 2.24) is 15.1 Å². The third-order valence-corrected chi connectivity index (χ3v) is 7.46. The van der Waals surface area contributed by atoms with Crippen LogP contribution in [0.15, 0.2) is 24.3 Å². The number of likely N-dealkylation sites (tertiary alicyclic amines) is 1. The number of piperazine rings is 1. The minimum absolute atomic E-state index is 0.0519. The number of amides is 2. The summed E-state index contributed by atoms with van der Waals surface area (Å²) in [4.78, 5) is 45.7. The molecule has 3 aliphatic heterocycles. The van der Waals surface area contributed by atoms with E-state index in [4.69, 9.17) is 4.74 Å². The summed E-state index contributed by atoms with van der Waals surface area (Å²) < 4.78 is 5.65. The fourth-order valence-electron chi connectivity index (χ4n) is 5.52. The van der Waals surface area contributed by atoms with Crippen LogP contribution in [0.4, 0.5) is 5.69 Å². The van der Waals surface area contributed by atoms with E-state index < -0.39 is 12.1 Å². The van der Waals surface area contributed by atoms with Crippen LogP contribution in [0, 0.1) is 11.3 Å². The van der Waals surface area contributed by atoms with Gasteiger partial charge in [-0.15, -0.1) is 0 Å². The number of nitrogens with zero attached hydrogens (tertiary/aromatic N) is 3. The minimum atomic E-state index is -0.705. The second kappa shape index (κ2) is 10.3. The normalized spacial score (nSPS) is 26.1. The van der Waals surface area contributed by atoms with Gasteiger partial charge in [-0.2, -0.15) is 0 Å². The Labute approximate surface area is 209 Å². The van der Waals surface area contributed by atoms with Gasteiger partial charge in [-0.1, -0.05) is 34.6 Å². The highest BCUT2D eigenvalue weighted by molar-refractivity contribution is 5.99. The highest BCUT2D eigenvalue weighted by Gasteiger charge is 2.51. The molecule has 3 saturated heterocycles. The van der Waals surface area contributed by atoms with Gasteiger partial charge in [-0.05, 0) is 42.6 Å². The lowest BCUT2D eigenvalue weighted by Crippen LogP contribution is -2.53. The van der Waals surface area contributed by atoms with Crippen LogP contribution in [0.25, 0.3) is 0 Å². The number of nitrogens with one attached hydrogen (secondary N) is 1. The molecule has 8 nitrogen and oxygen atoms in total. The van der Waals surface area contributed by atoms with Crippen LogP contribution in [0.1, 0.15) is 51.4 Å². The van der Waals surface area contributed by atoms with E-state index in [2.05, 4.69) is 22.0 Å². The van der Waals surface area contributed by atoms with Gasteiger partial charge in [-0.3, -0.25) is 14.4 Å². The van der Waals surface area contributed by atoms with Crippen LogP contribution >= 0.6 is 0 Å². The molecule has 4 rings (SSSR count). The molecule has 0 spiro atoms. The number of carbonyl (C=O) groups is 3. The number of benzene rings is 1. The summed E-state index contributed by atoms with van der Waals surface area (Å²) in [6.45, 7) is 16.0. The summed E-state index contributed by atoms with van der Waals surface area (Å²) in [6, 6.07) is 6.39. The number of likely N-dealkylation sites (N-methyl/N-ethyl adjacent to an activating group) is 1. The summed E-state index contributed by atoms with van der Waals surface area (Å²) in [5, 5.41) is 2.99. The number of hydrogen-bond donors (Lipinski definition) is 1.